The summed E-state index contributed by atoms with van der Waals surface area (Å²) in [7, 11) is 0. The molecule has 4 nitrogen and oxygen atoms in total. The predicted octanol–water partition coefficient (Wildman–Crippen LogP) is 10.3. The summed E-state index contributed by atoms with van der Waals surface area (Å²) in [6, 6.07) is 51.8. The number of benzene rings is 5. The number of carboxylic acids is 1. The van der Waals surface area contributed by atoms with E-state index in [9.17, 15) is 15.2 Å². The van der Waals surface area contributed by atoms with Crippen molar-refractivity contribution in [2.45, 2.75) is 0 Å². The van der Waals surface area contributed by atoms with E-state index in [0.717, 1.165) is 71.8 Å². The molecule has 0 unspecified atom stereocenters. The normalized spacial score (nSPS) is 11.8. The van der Waals surface area contributed by atoms with Crippen molar-refractivity contribution in [2.75, 3.05) is 0 Å². The molecule has 0 aliphatic rings. The number of nitriles is 1. The number of carbonyl (C=O) groups is 1. The number of aromatic nitrogens is 1. The second-order valence-corrected chi connectivity index (χ2v) is 11.3. The van der Waals surface area contributed by atoms with Crippen LogP contribution in [-0.2, 0) is 4.79 Å². The zero-order valence-electron chi connectivity index (χ0n) is 24.7. The number of hydrogen-bond acceptors (Lipinski definition) is 2. The van der Waals surface area contributed by atoms with Crippen molar-refractivity contribution in [1.29, 1.82) is 5.26 Å². The molecule has 0 saturated heterocycles. The molecule has 8 aromatic rings. The molecular weight excluding hydrogens is 564 g/mol. The summed E-state index contributed by atoms with van der Waals surface area (Å²) < 4.78 is 2.33. The Balaban J connectivity index is 1.69. The average Bonchev–Trinajstić information content (AvgIpc) is 3.55. The van der Waals surface area contributed by atoms with Crippen LogP contribution in [0.25, 0.3) is 77.9 Å². The van der Waals surface area contributed by atoms with Crippen molar-refractivity contribution in [3.05, 3.63) is 157 Å². The third-order valence-corrected chi connectivity index (χ3v) is 8.75. The molecule has 0 spiro atoms. The third-order valence-electron chi connectivity index (χ3n) is 8.75. The Hall–Kier alpha value is -6.44. The molecule has 0 saturated carbocycles. The molecule has 3 aromatic heterocycles. The molecule has 0 atom stereocenters. The topological polar surface area (TPSA) is 65.5 Å². The van der Waals surface area contributed by atoms with Crippen molar-refractivity contribution in [2.24, 2.45) is 0 Å². The smallest absolute Gasteiger partial charge is 0.346 e. The lowest BCUT2D eigenvalue weighted by Gasteiger charge is -2.25. The maximum Gasteiger partial charge on any atom is 0.346 e. The Morgan fingerprint density at radius 2 is 1.00 bits per heavy atom. The van der Waals surface area contributed by atoms with Gasteiger partial charge in [-0.15, -0.1) is 0 Å². The van der Waals surface area contributed by atoms with Gasteiger partial charge in [0.1, 0.15) is 11.6 Å². The minimum Gasteiger partial charge on any atom is -0.477 e. The number of nitrogens with zero attached hydrogens (tertiary/aromatic N) is 2. The molecule has 0 fully saturated rings. The van der Waals surface area contributed by atoms with Gasteiger partial charge in [-0.1, -0.05) is 133 Å². The average molecular weight is 591 g/mol. The largest absolute Gasteiger partial charge is 0.477 e. The molecule has 0 radical (unpaired) electrons. The van der Waals surface area contributed by atoms with Gasteiger partial charge in [-0.3, -0.25) is 0 Å². The fraction of sp³-hybridized carbons (Fsp3) is 0. The maximum absolute atomic E-state index is 12.2. The van der Waals surface area contributed by atoms with Crippen LogP contribution in [0, 0.1) is 11.3 Å². The molecule has 0 aliphatic carbocycles. The van der Waals surface area contributed by atoms with Crippen LogP contribution in [0.1, 0.15) is 5.56 Å². The number of carboxylic acid groups (broad SMARTS) is 1. The van der Waals surface area contributed by atoms with E-state index < -0.39 is 5.97 Å². The summed E-state index contributed by atoms with van der Waals surface area (Å²) in [6.07, 6.45) is 1.51. The van der Waals surface area contributed by atoms with Crippen molar-refractivity contribution >= 4 is 39.4 Å². The van der Waals surface area contributed by atoms with E-state index in [4.69, 9.17) is 0 Å². The Labute approximate surface area is 265 Å². The maximum atomic E-state index is 12.2. The first-order valence-corrected chi connectivity index (χ1v) is 15.1. The van der Waals surface area contributed by atoms with Crippen LogP contribution >= 0.6 is 0 Å². The Morgan fingerprint density at radius 3 is 1.46 bits per heavy atom. The minimum atomic E-state index is -1.25. The van der Waals surface area contributed by atoms with E-state index in [-0.39, 0.29) is 5.57 Å². The quantitative estimate of drug-likeness (QED) is 0.155. The first kappa shape index (κ1) is 27.1. The van der Waals surface area contributed by atoms with Gasteiger partial charge in [-0.05, 0) is 46.0 Å². The lowest BCUT2D eigenvalue weighted by molar-refractivity contribution is -0.132. The second-order valence-electron chi connectivity index (χ2n) is 11.3. The molecule has 216 valence electrons. The fourth-order valence-corrected chi connectivity index (χ4v) is 6.90. The summed E-state index contributed by atoms with van der Waals surface area (Å²) in [5.74, 6) is -1.25. The van der Waals surface area contributed by atoms with Crippen LogP contribution in [0.15, 0.2) is 151 Å². The lowest BCUT2D eigenvalue weighted by atomic mass is 9.85. The molecular formula is C42H26N2O2. The molecule has 8 rings (SSSR count). The van der Waals surface area contributed by atoms with Crippen molar-refractivity contribution < 1.29 is 9.90 Å². The molecule has 0 aliphatic heterocycles. The van der Waals surface area contributed by atoms with Crippen molar-refractivity contribution in [3.8, 4) is 50.6 Å². The molecule has 4 heteroatoms. The van der Waals surface area contributed by atoms with Gasteiger partial charge in [-0.2, -0.15) is 5.26 Å². The van der Waals surface area contributed by atoms with E-state index >= 15 is 0 Å². The minimum absolute atomic E-state index is 0.317. The van der Waals surface area contributed by atoms with E-state index in [0.29, 0.717) is 5.56 Å². The van der Waals surface area contributed by atoms with Gasteiger partial charge >= 0.3 is 5.97 Å². The Kier molecular flexibility index (Phi) is 6.44. The van der Waals surface area contributed by atoms with E-state index in [2.05, 4.69) is 95.4 Å². The highest BCUT2D eigenvalue weighted by atomic mass is 16.4. The third kappa shape index (κ3) is 4.18. The summed E-state index contributed by atoms with van der Waals surface area (Å²) >= 11 is 0. The highest BCUT2D eigenvalue weighted by molar-refractivity contribution is 6.22. The molecule has 0 bridgehead atoms. The highest BCUT2D eigenvalue weighted by Crippen LogP contribution is 2.50. The molecule has 0 amide bonds. The monoisotopic (exact) mass is 590 g/mol. The number of pyridine rings is 2. The van der Waals surface area contributed by atoms with Crippen LogP contribution in [0.5, 0.6) is 0 Å². The van der Waals surface area contributed by atoms with Crippen LogP contribution in [0.4, 0.5) is 0 Å². The van der Waals surface area contributed by atoms with Crippen LogP contribution in [0.2, 0.25) is 0 Å². The summed E-state index contributed by atoms with van der Waals surface area (Å²) in [5.41, 5.74) is 11.9. The van der Waals surface area contributed by atoms with E-state index in [1.165, 1.54) is 6.08 Å². The lowest BCUT2D eigenvalue weighted by Crippen LogP contribution is -2.03. The summed E-state index contributed by atoms with van der Waals surface area (Å²) in [6.45, 7) is 0. The molecule has 3 heterocycles. The highest BCUT2D eigenvalue weighted by Gasteiger charge is 2.27. The zero-order valence-corrected chi connectivity index (χ0v) is 24.7. The SMILES string of the molecule is N#C/C(=C\c1ccc2c(-c3ccccc3)c(-c3ccccc3)c3ccc4c(-c5ccccc5)c(-c5ccccc5)c1c2n34)C(=O)O. The van der Waals surface area contributed by atoms with Crippen molar-refractivity contribution in [3.63, 3.8) is 0 Å². The molecule has 5 aromatic carbocycles. The summed E-state index contributed by atoms with van der Waals surface area (Å²) in [4.78, 5) is 12.2. The van der Waals surface area contributed by atoms with Gasteiger partial charge < -0.3 is 9.51 Å². The fourth-order valence-electron chi connectivity index (χ4n) is 6.90. The van der Waals surface area contributed by atoms with Gasteiger partial charge in [-0.25, -0.2) is 4.79 Å². The van der Waals surface area contributed by atoms with Gasteiger partial charge in [0.05, 0.1) is 16.6 Å². The first-order chi connectivity index (χ1) is 22.7. The number of hydrogen-bond donors (Lipinski definition) is 1. The van der Waals surface area contributed by atoms with Gasteiger partial charge in [0.25, 0.3) is 0 Å². The van der Waals surface area contributed by atoms with Gasteiger partial charge in [0.15, 0.2) is 0 Å². The zero-order chi connectivity index (χ0) is 31.2. The number of aliphatic carboxylic acids is 1. The van der Waals surface area contributed by atoms with Crippen molar-refractivity contribution in [1.82, 2.24) is 4.40 Å². The van der Waals surface area contributed by atoms with E-state index in [1.54, 1.807) is 0 Å². The van der Waals surface area contributed by atoms with Crippen LogP contribution < -0.4 is 0 Å². The second kappa shape index (κ2) is 10.9. The summed E-state index contributed by atoms with van der Waals surface area (Å²) in [5, 5.41) is 21.7. The molecule has 1 N–H and O–H groups in total. The van der Waals surface area contributed by atoms with Crippen LogP contribution in [0.3, 0.4) is 0 Å². The van der Waals surface area contributed by atoms with Gasteiger partial charge in [0, 0.05) is 33.0 Å². The standard InChI is InChI=1S/C42H26N2O2/c43-26-32(42(45)46)25-31-21-22-33-36(27-13-5-1-6-14-27)37(28-15-7-2-8-16-28)34-23-24-35-38(29-17-9-3-10-18-29)39(30-19-11-4-12-20-30)40(31)41(33)44(34)35/h1-25H,(H,45,46)/b32-25+. The van der Waals surface area contributed by atoms with Gasteiger partial charge in [0.2, 0.25) is 0 Å². The Bertz CT molecular complexity index is 2460. The van der Waals surface area contributed by atoms with Crippen LogP contribution in [-0.4, -0.2) is 15.5 Å². The Morgan fingerprint density at radius 1 is 0.565 bits per heavy atom. The van der Waals surface area contributed by atoms with E-state index in [1.807, 2.05) is 60.7 Å². The molecule has 46 heavy (non-hydrogen) atoms. The first-order valence-electron chi connectivity index (χ1n) is 15.1. The predicted molar refractivity (Wildman–Crippen MR) is 187 cm³/mol. The number of rotatable bonds is 6.